The van der Waals surface area contributed by atoms with E-state index in [1.807, 2.05) is 66.7 Å². The second-order valence-corrected chi connectivity index (χ2v) is 9.94. The lowest BCUT2D eigenvalue weighted by atomic mass is 9.98. The summed E-state index contributed by atoms with van der Waals surface area (Å²) in [4.78, 5) is 0. The van der Waals surface area contributed by atoms with E-state index in [9.17, 15) is 4.57 Å². The lowest BCUT2D eigenvalue weighted by molar-refractivity contribution is 0.461. The van der Waals surface area contributed by atoms with Crippen LogP contribution in [0.1, 0.15) is 25.8 Å². The molecule has 0 amide bonds. The first-order valence-corrected chi connectivity index (χ1v) is 11.3. The third-order valence-corrected chi connectivity index (χ3v) is 7.46. The van der Waals surface area contributed by atoms with Gasteiger partial charge in [-0.1, -0.05) is 80.6 Å². The maximum absolute atomic E-state index is 14.3. The molecule has 0 aliphatic heterocycles. The van der Waals surface area contributed by atoms with Crippen molar-refractivity contribution in [2.24, 2.45) is 5.92 Å². The molecule has 3 rings (SSSR count). The van der Waals surface area contributed by atoms with Crippen molar-refractivity contribution in [3.05, 3.63) is 96.6 Å². The Hall–Kier alpha value is -2.15. The molecule has 0 fully saturated rings. The van der Waals surface area contributed by atoms with Crippen LogP contribution in [0.15, 0.2) is 91.0 Å². The zero-order valence-electron chi connectivity index (χ0n) is 16.1. The molecule has 3 aromatic rings. The number of nitrogens with one attached hydrogen (secondary N) is 1. The Morgan fingerprint density at radius 1 is 0.741 bits per heavy atom. The van der Waals surface area contributed by atoms with Gasteiger partial charge in [0, 0.05) is 16.7 Å². The summed E-state index contributed by atoms with van der Waals surface area (Å²) in [5.74, 6) is 0.520. The van der Waals surface area contributed by atoms with Crippen molar-refractivity contribution in [1.29, 1.82) is 0 Å². The van der Waals surface area contributed by atoms with Crippen LogP contribution < -0.4 is 15.7 Å². The van der Waals surface area contributed by atoms with Crippen LogP contribution in [0.4, 0.5) is 0 Å². The van der Waals surface area contributed by atoms with E-state index in [-0.39, 0.29) is 6.04 Å². The first-order chi connectivity index (χ1) is 13.1. The maximum atomic E-state index is 14.3. The summed E-state index contributed by atoms with van der Waals surface area (Å²) < 4.78 is 14.3. The molecule has 1 atom stereocenters. The quantitative estimate of drug-likeness (QED) is 0.549. The minimum Gasteiger partial charge on any atom is -0.297 e. The third-order valence-electron chi connectivity index (χ3n) is 4.68. The SMILES string of the molecule is CC(C)C[C@H](Cc1ccccc1)NP(=O)(c1ccccc1)c1ccccc1. The summed E-state index contributed by atoms with van der Waals surface area (Å²) in [6.07, 6.45) is 1.83. The van der Waals surface area contributed by atoms with Crippen LogP contribution in [0, 0.1) is 5.92 Å². The molecule has 0 bridgehead atoms. The highest BCUT2D eigenvalue weighted by atomic mass is 31.2. The molecule has 3 aromatic carbocycles. The Labute approximate surface area is 163 Å². The van der Waals surface area contributed by atoms with Gasteiger partial charge in [0.2, 0.25) is 7.29 Å². The largest absolute Gasteiger partial charge is 0.297 e. The summed E-state index contributed by atoms with van der Waals surface area (Å²) in [6.45, 7) is 4.44. The van der Waals surface area contributed by atoms with Crippen molar-refractivity contribution >= 4 is 17.9 Å². The summed E-state index contributed by atoms with van der Waals surface area (Å²) in [5, 5.41) is 5.32. The molecule has 0 heterocycles. The zero-order valence-corrected chi connectivity index (χ0v) is 17.0. The minimum atomic E-state index is -2.92. The van der Waals surface area contributed by atoms with E-state index in [0.717, 1.165) is 23.5 Å². The summed E-state index contributed by atoms with van der Waals surface area (Å²) in [5.41, 5.74) is 1.27. The Morgan fingerprint density at radius 2 is 1.19 bits per heavy atom. The van der Waals surface area contributed by atoms with Crippen LogP contribution in [-0.4, -0.2) is 6.04 Å². The van der Waals surface area contributed by atoms with Crippen molar-refractivity contribution in [1.82, 2.24) is 5.09 Å². The van der Waals surface area contributed by atoms with Crippen molar-refractivity contribution in [3.8, 4) is 0 Å². The molecule has 3 heteroatoms. The van der Waals surface area contributed by atoms with Gasteiger partial charge in [0.05, 0.1) is 0 Å². The molecule has 2 nitrogen and oxygen atoms in total. The number of rotatable bonds is 8. The number of hydrogen-bond donors (Lipinski definition) is 1. The molecule has 0 aliphatic carbocycles. The topological polar surface area (TPSA) is 29.1 Å². The molecular weight excluding hydrogens is 349 g/mol. The average molecular weight is 377 g/mol. The Morgan fingerprint density at radius 3 is 1.63 bits per heavy atom. The minimum absolute atomic E-state index is 0.138. The smallest absolute Gasteiger partial charge is 0.204 e. The third kappa shape index (κ3) is 5.19. The standard InChI is InChI=1S/C24H28NOP/c1-20(2)18-22(19-21-12-6-3-7-13-21)25-27(26,23-14-8-4-9-15-23)24-16-10-5-11-17-24/h3-17,20,22H,18-19H2,1-2H3,(H,25,26)/t22-/m1/s1. The molecular formula is C24H28NOP. The Balaban J connectivity index is 1.96. The van der Waals surface area contributed by atoms with E-state index in [1.165, 1.54) is 5.56 Å². The van der Waals surface area contributed by atoms with Crippen molar-refractivity contribution in [2.45, 2.75) is 32.7 Å². The number of hydrogen-bond acceptors (Lipinski definition) is 1. The van der Waals surface area contributed by atoms with Crippen molar-refractivity contribution in [3.63, 3.8) is 0 Å². The molecule has 0 aromatic heterocycles. The van der Waals surface area contributed by atoms with Gasteiger partial charge < -0.3 is 0 Å². The molecule has 0 saturated carbocycles. The normalized spacial score (nSPS) is 12.9. The van der Waals surface area contributed by atoms with Crippen LogP contribution in [-0.2, 0) is 11.0 Å². The molecule has 1 N–H and O–H groups in total. The highest BCUT2D eigenvalue weighted by molar-refractivity contribution is 7.76. The van der Waals surface area contributed by atoms with Crippen molar-refractivity contribution in [2.75, 3.05) is 0 Å². The highest BCUT2D eigenvalue weighted by Gasteiger charge is 2.30. The van der Waals surface area contributed by atoms with Crippen LogP contribution in [0.2, 0.25) is 0 Å². The fourth-order valence-electron chi connectivity index (χ4n) is 3.48. The van der Waals surface area contributed by atoms with Gasteiger partial charge in [0.1, 0.15) is 0 Å². The van der Waals surface area contributed by atoms with E-state index in [0.29, 0.717) is 5.92 Å². The van der Waals surface area contributed by atoms with Gasteiger partial charge in [-0.15, -0.1) is 0 Å². The summed E-state index contributed by atoms with van der Waals surface area (Å²) >= 11 is 0. The molecule has 0 radical (unpaired) electrons. The fraction of sp³-hybridized carbons (Fsp3) is 0.250. The van der Waals surface area contributed by atoms with Crippen molar-refractivity contribution < 1.29 is 4.57 Å². The fourth-order valence-corrected chi connectivity index (χ4v) is 5.97. The van der Waals surface area contributed by atoms with Crippen LogP contribution >= 0.6 is 7.29 Å². The molecule has 0 aliphatic rings. The van der Waals surface area contributed by atoms with Gasteiger partial charge in [-0.2, -0.15) is 0 Å². The van der Waals surface area contributed by atoms with E-state index >= 15 is 0 Å². The predicted molar refractivity (Wildman–Crippen MR) is 116 cm³/mol. The van der Waals surface area contributed by atoms with E-state index in [2.05, 4.69) is 43.2 Å². The molecule has 27 heavy (non-hydrogen) atoms. The second kappa shape index (κ2) is 9.17. The predicted octanol–water partition coefficient (Wildman–Crippen LogP) is 5.16. The van der Waals surface area contributed by atoms with Gasteiger partial charge in [0.15, 0.2) is 0 Å². The molecule has 140 valence electrons. The lowest BCUT2D eigenvalue weighted by Crippen LogP contribution is -2.37. The summed E-state index contributed by atoms with van der Waals surface area (Å²) in [6, 6.07) is 30.2. The monoisotopic (exact) mass is 377 g/mol. The van der Waals surface area contributed by atoms with Crippen LogP contribution in [0.25, 0.3) is 0 Å². The first-order valence-electron chi connectivity index (χ1n) is 9.61. The van der Waals surface area contributed by atoms with E-state index in [1.54, 1.807) is 0 Å². The van der Waals surface area contributed by atoms with Gasteiger partial charge in [-0.05, 0) is 48.6 Å². The van der Waals surface area contributed by atoms with Gasteiger partial charge >= 0.3 is 0 Å². The maximum Gasteiger partial charge on any atom is 0.204 e. The lowest BCUT2D eigenvalue weighted by Gasteiger charge is -2.28. The molecule has 0 saturated heterocycles. The van der Waals surface area contributed by atoms with Crippen LogP contribution in [0.3, 0.4) is 0 Å². The van der Waals surface area contributed by atoms with Gasteiger partial charge in [-0.3, -0.25) is 9.65 Å². The number of benzene rings is 3. The van der Waals surface area contributed by atoms with E-state index in [4.69, 9.17) is 0 Å². The van der Waals surface area contributed by atoms with Gasteiger partial charge in [-0.25, -0.2) is 0 Å². The Bertz CT molecular complexity index is 819. The Kier molecular flexibility index (Phi) is 6.66. The molecule has 0 spiro atoms. The van der Waals surface area contributed by atoms with Crippen LogP contribution in [0.5, 0.6) is 0 Å². The highest BCUT2D eigenvalue weighted by Crippen LogP contribution is 2.40. The summed E-state index contributed by atoms with van der Waals surface area (Å²) in [7, 11) is -2.92. The second-order valence-electron chi connectivity index (χ2n) is 7.43. The first kappa shape index (κ1) is 19.6. The molecule has 0 unspecified atom stereocenters. The average Bonchev–Trinajstić information content (AvgIpc) is 2.69. The van der Waals surface area contributed by atoms with E-state index < -0.39 is 7.29 Å². The zero-order chi connectivity index (χ0) is 19.1. The van der Waals surface area contributed by atoms with Gasteiger partial charge in [0.25, 0.3) is 0 Å².